The van der Waals surface area contributed by atoms with Crippen molar-refractivity contribution in [2.45, 2.75) is 32.7 Å². The Labute approximate surface area is 151 Å². The Morgan fingerprint density at radius 3 is 2.68 bits per heavy atom. The smallest absolute Gasteiger partial charge is 0.325 e. The van der Waals surface area contributed by atoms with Crippen molar-refractivity contribution in [3.05, 3.63) is 41.4 Å². The van der Waals surface area contributed by atoms with Crippen LogP contribution in [0.5, 0.6) is 0 Å². The average molecular weight is 365 g/mol. The Morgan fingerprint density at radius 1 is 1.32 bits per heavy atom. The van der Waals surface area contributed by atoms with Gasteiger partial charge in [-0.3, -0.25) is 9.59 Å². The zero-order valence-corrected chi connectivity index (χ0v) is 15.2. The van der Waals surface area contributed by atoms with Crippen LogP contribution in [0.1, 0.15) is 26.2 Å². The molecule has 0 aliphatic carbocycles. The number of methoxy groups -OCH3 is 1. The molecule has 2 aromatic rings. The van der Waals surface area contributed by atoms with Crippen molar-refractivity contribution < 1.29 is 18.7 Å². The third-order valence-electron chi connectivity index (χ3n) is 3.72. The minimum Gasteiger partial charge on any atom is -0.468 e. The van der Waals surface area contributed by atoms with Crippen LogP contribution in [0.2, 0.25) is 5.02 Å². The van der Waals surface area contributed by atoms with Crippen molar-refractivity contribution >= 4 is 23.5 Å². The summed E-state index contributed by atoms with van der Waals surface area (Å²) in [5.41, 5.74) is 0.753. The molecule has 0 unspecified atom stereocenters. The highest BCUT2D eigenvalue weighted by molar-refractivity contribution is 6.33. The molecule has 6 nitrogen and oxygen atoms in total. The largest absolute Gasteiger partial charge is 0.468 e. The summed E-state index contributed by atoms with van der Waals surface area (Å²) in [5, 5.41) is 0.574. The van der Waals surface area contributed by atoms with Gasteiger partial charge in [-0.05, 0) is 26.0 Å². The second-order valence-corrected chi connectivity index (χ2v) is 6.20. The van der Waals surface area contributed by atoms with E-state index in [1.807, 2.05) is 32.0 Å². The van der Waals surface area contributed by atoms with Crippen LogP contribution < -0.4 is 0 Å². The molecule has 0 bridgehead atoms. The standard InChI is InChI=1S/C18H21ClN2O4/c1-12(2)21(11-18(23)24-3)17(22)9-8-16-20-10-15(25-16)13-6-4-5-7-14(13)19/h4-7,10,12H,8-9,11H2,1-3H3. The summed E-state index contributed by atoms with van der Waals surface area (Å²) in [6.07, 6.45) is 2.13. The maximum atomic E-state index is 12.4. The van der Waals surface area contributed by atoms with E-state index in [1.54, 1.807) is 12.3 Å². The molecule has 0 N–H and O–H groups in total. The minimum absolute atomic E-state index is 0.0660. The van der Waals surface area contributed by atoms with Gasteiger partial charge in [0.15, 0.2) is 11.7 Å². The monoisotopic (exact) mass is 364 g/mol. The molecule has 0 aliphatic heterocycles. The Kier molecular flexibility index (Phi) is 6.58. The highest BCUT2D eigenvalue weighted by Crippen LogP contribution is 2.28. The summed E-state index contributed by atoms with van der Waals surface area (Å²) in [5.74, 6) is 0.408. The van der Waals surface area contributed by atoms with Crippen LogP contribution >= 0.6 is 11.6 Å². The molecule has 1 aromatic carbocycles. The molecule has 1 heterocycles. The number of esters is 1. The highest BCUT2D eigenvalue weighted by Gasteiger charge is 2.21. The molecule has 0 fully saturated rings. The number of ether oxygens (including phenoxy) is 1. The van der Waals surface area contributed by atoms with E-state index in [0.29, 0.717) is 23.1 Å². The van der Waals surface area contributed by atoms with Gasteiger partial charge in [0.1, 0.15) is 6.54 Å². The van der Waals surface area contributed by atoms with Crippen LogP contribution in [0.3, 0.4) is 0 Å². The second-order valence-electron chi connectivity index (χ2n) is 5.79. The predicted molar refractivity (Wildman–Crippen MR) is 94.1 cm³/mol. The number of carbonyl (C=O) groups excluding carboxylic acids is 2. The lowest BCUT2D eigenvalue weighted by Crippen LogP contribution is -2.41. The number of rotatable bonds is 7. The first-order valence-corrected chi connectivity index (χ1v) is 8.36. The zero-order valence-electron chi connectivity index (χ0n) is 14.5. The van der Waals surface area contributed by atoms with Crippen molar-refractivity contribution in [1.82, 2.24) is 9.88 Å². The van der Waals surface area contributed by atoms with Gasteiger partial charge in [-0.15, -0.1) is 0 Å². The van der Waals surface area contributed by atoms with E-state index >= 15 is 0 Å². The molecule has 134 valence electrons. The van der Waals surface area contributed by atoms with Crippen molar-refractivity contribution in [2.75, 3.05) is 13.7 Å². The van der Waals surface area contributed by atoms with E-state index in [2.05, 4.69) is 9.72 Å². The van der Waals surface area contributed by atoms with Crippen LogP contribution in [0, 0.1) is 0 Å². The van der Waals surface area contributed by atoms with E-state index in [4.69, 9.17) is 16.0 Å². The average Bonchev–Trinajstić information content (AvgIpc) is 3.06. The van der Waals surface area contributed by atoms with Gasteiger partial charge in [0.25, 0.3) is 0 Å². The Bertz CT molecular complexity index is 742. The second kappa shape index (κ2) is 8.67. The van der Waals surface area contributed by atoms with Crippen LogP contribution in [-0.2, 0) is 20.7 Å². The lowest BCUT2D eigenvalue weighted by molar-refractivity contribution is -0.148. The molecule has 1 amide bonds. The van der Waals surface area contributed by atoms with Crippen molar-refractivity contribution in [2.24, 2.45) is 0 Å². The Balaban J connectivity index is 2.00. The number of carbonyl (C=O) groups is 2. The normalized spacial score (nSPS) is 10.8. The predicted octanol–water partition coefficient (Wildman–Crippen LogP) is 3.34. The molecule has 0 spiro atoms. The molecule has 0 aliphatic rings. The van der Waals surface area contributed by atoms with Gasteiger partial charge in [0.05, 0.1) is 18.3 Å². The molecule has 7 heteroatoms. The van der Waals surface area contributed by atoms with Gasteiger partial charge in [0, 0.05) is 24.4 Å². The lowest BCUT2D eigenvalue weighted by atomic mass is 10.2. The van der Waals surface area contributed by atoms with Gasteiger partial charge in [-0.1, -0.05) is 23.7 Å². The van der Waals surface area contributed by atoms with Crippen molar-refractivity contribution in [3.63, 3.8) is 0 Å². The number of oxazole rings is 1. The topological polar surface area (TPSA) is 72.6 Å². The van der Waals surface area contributed by atoms with Crippen molar-refractivity contribution in [3.8, 4) is 11.3 Å². The molecular weight excluding hydrogens is 344 g/mol. The SMILES string of the molecule is COC(=O)CN(C(=O)CCc1ncc(-c2ccccc2Cl)o1)C(C)C. The van der Waals surface area contributed by atoms with E-state index in [-0.39, 0.29) is 24.9 Å². The zero-order chi connectivity index (χ0) is 18.4. The van der Waals surface area contributed by atoms with Crippen LogP contribution in [0.15, 0.2) is 34.9 Å². The fraction of sp³-hybridized carbons (Fsp3) is 0.389. The van der Waals surface area contributed by atoms with Crippen LogP contribution in [-0.4, -0.2) is 41.5 Å². The summed E-state index contributed by atoms with van der Waals surface area (Å²) in [7, 11) is 1.30. The van der Waals surface area contributed by atoms with Crippen molar-refractivity contribution in [1.29, 1.82) is 0 Å². The third-order valence-corrected chi connectivity index (χ3v) is 4.05. The Morgan fingerprint density at radius 2 is 2.04 bits per heavy atom. The number of halogens is 1. The Hall–Kier alpha value is -2.34. The molecular formula is C18H21ClN2O4. The number of nitrogens with zero attached hydrogens (tertiary/aromatic N) is 2. The number of aromatic nitrogens is 1. The molecule has 25 heavy (non-hydrogen) atoms. The molecule has 0 saturated heterocycles. The molecule has 2 rings (SSSR count). The maximum absolute atomic E-state index is 12.4. The first-order chi connectivity index (χ1) is 11.9. The summed E-state index contributed by atoms with van der Waals surface area (Å²) >= 11 is 6.14. The van der Waals surface area contributed by atoms with E-state index in [0.717, 1.165) is 5.56 Å². The lowest BCUT2D eigenvalue weighted by Gasteiger charge is -2.25. The van der Waals surface area contributed by atoms with Gasteiger partial charge in [-0.2, -0.15) is 0 Å². The number of amides is 1. The summed E-state index contributed by atoms with van der Waals surface area (Å²) < 4.78 is 10.3. The molecule has 0 saturated carbocycles. The van der Waals surface area contributed by atoms with Crippen LogP contribution in [0.4, 0.5) is 0 Å². The van der Waals surface area contributed by atoms with E-state index in [1.165, 1.54) is 12.0 Å². The first kappa shape index (κ1) is 19.0. The van der Waals surface area contributed by atoms with E-state index < -0.39 is 5.97 Å². The summed E-state index contributed by atoms with van der Waals surface area (Å²) in [4.78, 5) is 29.5. The van der Waals surface area contributed by atoms with Gasteiger partial charge in [-0.25, -0.2) is 4.98 Å². The molecule has 0 radical (unpaired) electrons. The molecule has 0 atom stereocenters. The quantitative estimate of drug-likeness (QED) is 0.704. The summed E-state index contributed by atoms with van der Waals surface area (Å²) in [6.45, 7) is 3.63. The number of hydrogen-bond donors (Lipinski definition) is 0. The maximum Gasteiger partial charge on any atom is 0.325 e. The van der Waals surface area contributed by atoms with Gasteiger partial charge in [0.2, 0.25) is 5.91 Å². The van der Waals surface area contributed by atoms with Gasteiger partial charge < -0.3 is 14.1 Å². The van der Waals surface area contributed by atoms with Crippen LogP contribution in [0.25, 0.3) is 11.3 Å². The fourth-order valence-electron chi connectivity index (χ4n) is 2.33. The number of benzene rings is 1. The first-order valence-electron chi connectivity index (χ1n) is 7.98. The molecule has 1 aromatic heterocycles. The number of aryl methyl sites for hydroxylation is 1. The number of hydrogen-bond acceptors (Lipinski definition) is 5. The highest BCUT2D eigenvalue weighted by atomic mass is 35.5. The van der Waals surface area contributed by atoms with E-state index in [9.17, 15) is 9.59 Å². The van der Waals surface area contributed by atoms with Gasteiger partial charge >= 0.3 is 5.97 Å². The third kappa shape index (κ3) is 5.06. The minimum atomic E-state index is -0.445. The fourth-order valence-corrected chi connectivity index (χ4v) is 2.56. The summed E-state index contributed by atoms with van der Waals surface area (Å²) in [6, 6.07) is 7.21.